The fraction of sp³-hybridized carbons (Fsp3) is 0.450. The van der Waals surface area contributed by atoms with Crippen LogP contribution in [0.5, 0.6) is 0 Å². The van der Waals surface area contributed by atoms with Gasteiger partial charge >= 0.3 is 0 Å². The van der Waals surface area contributed by atoms with Crippen LogP contribution in [0.3, 0.4) is 0 Å². The third-order valence-electron chi connectivity index (χ3n) is 5.85. The molecule has 2 aromatic rings. The Labute approximate surface area is 132 Å². The fourth-order valence-corrected chi connectivity index (χ4v) is 4.50. The van der Waals surface area contributed by atoms with Crippen LogP contribution in [0, 0.1) is 16.7 Å². The molecule has 0 atom stereocenters. The standard InChI is InChI=1S/C20H22N2/c21-15-16-7-8-19(18-6-2-1-5-17(16)18)22-13-11-20(12-14-22)9-3-4-10-20/h1-2,5-8H,3-4,9-14H2. The number of rotatable bonds is 1. The van der Waals surface area contributed by atoms with Gasteiger partial charge in [0.1, 0.15) is 0 Å². The molecule has 0 N–H and O–H groups in total. The summed E-state index contributed by atoms with van der Waals surface area (Å²) in [6.45, 7) is 2.33. The molecule has 0 radical (unpaired) electrons. The summed E-state index contributed by atoms with van der Waals surface area (Å²) in [5, 5.41) is 11.6. The number of nitrogens with zero attached hydrogens (tertiary/aromatic N) is 2. The van der Waals surface area contributed by atoms with Gasteiger partial charge in [-0.1, -0.05) is 37.1 Å². The van der Waals surface area contributed by atoms with Crippen LogP contribution in [0.4, 0.5) is 5.69 Å². The number of hydrogen-bond acceptors (Lipinski definition) is 2. The van der Waals surface area contributed by atoms with Gasteiger partial charge in [-0.05, 0) is 43.2 Å². The highest BCUT2D eigenvalue weighted by molar-refractivity contribution is 5.97. The highest BCUT2D eigenvalue weighted by Gasteiger charge is 2.37. The summed E-state index contributed by atoms with van der Waals surface area (Å²) in [6, 6.07) is 14.8. The van der Waals surface area contributed by atoms with Gasteiger partial charge in [0.25, 0.3) is 0 Å². The van der Waals surface area contributed by atoms with Gasteiger partial charge in [-0.25, -0.2) is 0 Å². The Morgan fingerprint density at radius 3 is 2.23 bits per heavy atom. The maximum Gasteiger partial charge on any atom is 0.0998 e. The second-order valence-corrected chi connectivity index (χ2v) is 6.98. The quantitative estimate of drug-likeness (QED) is 0.749. The lowest BCUT2D eigenvalue weighted by molar-refractivity contribution is 0.227. The van der Waals surface area contributed by atoms with E-state index in [0.29, 0.717) is 5.41 Å². The third-order valence-corrected chi connectivity index (χ3v) is 5.85. The first kappa shape index (κ1) is 13.6. The van der Waals surface area contributed by atoms with E-state index >= 15 is 0 Å². The molecule has 2 nitrogen and oxygen atoms in total. The van der Waals surface area contributed by atoms with Crippen molar-refractivity contribution in [1.29, 1.82) is 5.26 Å². The molecule has 1 heterocycles. The normalized spacial score (nSPS) is 20.4. The van der Waals surface area contributed by atoms with Gasteiger partial charge in [0.05, 0.1) is 11.6 Å². The lowest BCUT2D eigenvalue weighted by Gasteiger charge is -2.41. The van der Waals surface area contributed by atoms with E-state index in [0.717, 1.165) is 24.0 Å². The zero-order chi connectivity index (χ0) is 15.0. The molecule has 1 spiro atoms. The van der Waals surface area contributed by atoms with Gasteiger partial charge in [0, 0.05) is 29.5 Å². The molecule has 1 saturated carbocycles. The molecule has 0 bridgehead atoms. The van der Waals surface area contributed by atoms with E-state index in [1.165, 1.54) is 49.6 Å². The van der Waals surface area contributed by atoms with Gasteiger partial charge in [-0.3, -0.25) is 0 Å². The topological polar surface area (TPSA) is 27.0 Å². The van der Waals surface area contributed by atoms with Crippen molar-refractivity contribution in [3.8, 4) is 6.07 Å². The highest BCUT2D eigenvalue weighted by atomic mass is 15.1. The number of fused-ring (bicyclic) bond motifs is 1. The fourth-order valence-electron chi connectivity index (χ4n) is 4.50. The summed E-state index contributed by atoms with van der Waals surface area (Å²) in [5.41, 5.74) is 2.74. The molecule has 0 aromatic heterocycles. The first-order valence-corrected chi connectivity index (χ1v) is 8.48. The molecule has 2 aromatic carbocycles. The number of nitriles is 1. The summed E-state index contributed by atoms with van der Waals surface area (Å²) in [6.07, 6.45) is 8.41. The Morgan fingerprint density at radius 1 is 0.864 bits per heavy atom. The summed E-state index contributed by atoms with van der Waals surface area (Å²) >= 11 is 0. The molecule has 2 fully saturated rings. The van der Waals surface area contributed by atoms with Crippen LogP contribution in [-0.4, -0.2) is 13.1 Å². The predicted molar refractivity (Wildman–Crippen MR) is 91.0 cm³/mol. The smallest absolute Gasteiger partial charge is 0.0998 e. The largest absolute Gasteiger partial charge is 0.371 e. The second kappa shape index (κ2) is 5.32. The van der Waals surface area contributed by atoms with E-state index in [2.05, 4.69) is 35.2 Å². The van der Waals surface area contributed by atoms with Crippen LogP contribution in [0.2, 0.25) is 0 Å². The minimum atomic E-state index is 0.652. The van der Waals surface area contributed by atoms with Crippen molar-refractivity contribution in [1.82, 2.24) is 0 Å². The van der Waals surface area contributed by atoms with Crippen LogP contribution < -0.4 is 4.90 Å². The van der Waals surface area contributed by atoms with Gasteiger partial charge in [0.15, 0.2) is 0 Å². The van der Waals surface area contributed by atoms with Crippen molar-refractivity contribution in [2.75, 3.05) is 18.0 Å². The molecule has 22 heavy (non-hydrogen) atoms. The minimum absolute atomic E-state index is 0.652. The average molecular weight is 290 g/mol. The predicted octanol–water partition coefficient (Wildman–Crippen LogP) is 4.87. The van der Waals surface area contributed by atoms with Crippen molar-refractivity contribution in [2.45, 2.75) is 38.5 Å². The summed E-state index contributed by atoms with van der Waals surface area (Å²) in [5.74, 6) is 0. The van der Waals surface area contributed by atoms with Crippen LogP contribution in [0.15, 0.2) is 36.4 Å². The first-order valence-electron chi connectivity index (χ1n) is 8.48. The molecule has 1 aliphatic carbocycles. The highest BCUT2D eigenvalue weighted by Crippen LogP contribution is 2.47. The van der Waals surface area contributed by atoms with Gasteiger partial charge in [0.2, 0.25) is 0 Å². The molecule has 0 amide bonds. The second-order valence-electron chi connectivity index (χ2n) is 6.98. The molecule has 1 saturated heterocycles. The number of piperidine rings is 1. The number of hydrogen-bond donors (Lipinski definition) is 0. The van der Waals surface area contributed by atoms with Gasteiger partial charge < -0.3 is 4.90 Å². The summed E-state index contributed by atoms with van der Waals surface area (Å²) < 4.78 is 0. The van der Waals surface area contributed by atoms with Crippen molar-refractivity contribution >= 4 is 16.5 Å². The van der Waals surface area contributed by atoms with Crippen molar-refractivity contribution in [3.05, 3.63) is 42.0 Å². The lowest BCUT2D eigenvalue weighted by Crippen LogP contribution is -2.38. The van der Waals surface area contributed by atoms with E-state index in [1.807, 2.05) is 12.1 Å². The Bertz CT molecular complexity index is 725. The average Bonchev–Trinajstić information content (AvgIpc) is 3.03. The Hall–Kier alpha value is -2.01. The van der Waals surface area contributed by atoms with E-state index in [-0.39, 0.29) is 0 Å². The molecule has 2 heteroatoms. The van der Waals surface area contributed by atoms with Crippen LogP contribution in [0.25, 0.3) is 10.8 Å². The number of benzene rings is 2. The summed E-state index contributed by atoms with van der Waals surface area (Å²) in [4.78, 5) is 2.53. The van der Waals surface area contributed by atoms with E-state index in [4.69, 9.17) is 0 Å². The minimum Gasteiger partial charge on any atom is -0.371 e. The molecular formula is C20H22N2. The SMILES string of the molecule is N#Cc1ccc(N2CCC3(CCCC3)CC2)c2ccccc12. The van der Waals surface area contributed by atoms with Crippen LogP contribution in [-0.2, 0) is 0 Å². The third kappa shape index (κ3) is 2.16. The molecular weight excluding hydrogens is 268 g/mol. The van der Waals surface area contributed by atoms with Crippen molar-refractivity contribution in [3.63, 3.8) is 0 Å². The Balaban J connectivity index is 1.67. The lowest BCUT2D eigenvalue weighted by atomic mass is 9.77. The van der Waals surface area contributed by atoms with Crippen molar-refractivity contribution < 1.29 is 0 Å². The maximum absolute atomic E-state index is 9.31. The zero-order valence-corrected chi connectivity index (χ0v) is 13.0. The first-order chi connectivity index (χ1) is 10.8. The monoisotopic (exact) mass is 290 g/mol. The molecule has 1 aliphatic heterocycles. The van der Waals surface area contributed by atoms with Gasteiger partial charge in [-0.2, -0.15) is 5.26 Å². The van der Waals surface area contributed by atoms with Gasteiger partial charge in [-0.15, -0.1) is 0 Å². The maximum atomic E-state index is 9.31. The molecule has 2 aliphatic rings. The Morgan fingerprint density at radius 2 is 1.55 bits per heavy atom. The molecule has 4 rings (SSSR count). The molecule has 0 unspecified atom stereocenters. The van der Waals surface area contributed by atoms with E-state index in [9.17, 15) is 5.26 Å². The summed E-state index contributed by atoms with van der Waals surface area (Å²) in [7, 11) is 0. The van der Waals surface area contributed by atoms with Crippen LogP contribution >= 0.6 is 0 Å². The van der Waals surface area contributed by atoms with E-state index in [1.54, 1.807) is 0 Å². The van der Waals surface area contributed by atoms with Crippen molar-refractivity contribution in [2.24, 2.45) is 5.41 Å². The number of anilines is 1. The molecule has 112 valence electrons. The zero-order valence-electron chi connectivity index (χ0n) is 13.0. The van der Waals surface area contributed by atoms with E-state index < -0.39 is 0 Å². The Kier molecular flexibility index (Phi) is 3.30. The van der Waals surface area contributed by atoms with Crippen LogP contribution in [0.1, 0.15) is 44.1 Å².